The summed E-state index contributed by atoms with van der Waals surface area (Å²) in [6, 6.07) is 25.4. The maximum absolute atomic E-state index is 11.4. The van der Waals surface area contributed by atoms with Gasteiger partial charge in [-0.3, -0.25) is 9.71 Å². The number of aryl methyl sites for hydroxylation is 3. The van der Waals surface area contributed by atoms with Crippen molar-refractivity contribution in [1.29, 1.82) is 0 Å². The predicted molar refractivity (Wildman–Crippen MR) is 175 cm³/mol. The Morgan fingerprint density at radius 1 is 0.762 bits per heavy atom. The molecule has 5 rings (SSSR count). The summed E-state index contributed by atoms with van der Waals surface area (Å²) in [5.74, 6) is 0. The van der Waals surface area contributed by atoms with Crippen molar-refractivity contribution in [3.05, 3.63) is 119 Å². The molecule has 0 aliphatic heterocycles. The zero-order chi connectivity index (χ0) is 29.5. The third-order valence-corrected chi connectivity index (χ3v) is 8.12. The largest absolute Gasteiger partial charge is 0.354 e. The van der Waals surface area contributed by atoms with Crippen LogP contribution in [-0.4, -0.2) is 37.7 Å². The molecule has 0 aliphatic rings. The summed E-state index contributed by atoms with van der Waals surface area (Å²) in [5.41, 5.74) is 11.9. The van der Waals surface area contributed by atoms with E-state index in [9.17, 15) is 8.42 Å². The Morgan fingerprint density at radius 3 is 2.19 bits per heavy atom. The second-order valence-corrected chi connectivity index (χ2v) is 13.0. The fourth-order valence-electron chi connectivity index (χ4n) is 5.64. The lowest BCUT2D eigenvalue weighted by Gasteiger charge is -2.10. The molecule has 0 saturated carbocycles. The summed E-state index contributed by atoms with van der Waals surface area (Å²) in [7, 11) is -3.25. The number of hydrogen-bond acceptors (Lipinski definition) is 4. The summed E-state index contributed by atoms with van der Waals surface area (Å²) in [6.07, 6.45) is 9.83. The number of aromatic amines is 1. The molecular formula is C35H40N4O2S. The van der Waals surface area contributed by atoms with E-state index in [-0.39, 0.29) is 0 Å². The minimum absolute atomic E-state index is 0.602. The summed E-state index contributed by atoms with van der Waals surface area (Å²) >= 11 is 0. The van der Waals surface area contributed by atoms with E-state index in [1.807, 2.05) is 36.7 Å². The average Bonchev–Trinajstić information content (AvgIpc) is 3.30. The van der Waals surface area contributed by atoms with Crippen LogP contribution in [0.2, 0.25) is 0 Å². The summed E-state index contributed by atoms with van der Waals surface area (Å²) in [5, 5.41) is 4.97. The van der Waals surface area contributed by atoms with Crippen LogP contribution in [0.4, 0.5) is 5.69 Å². The molecule has 6 nitrogen and oxygen atoms in total. The van der Waals surface area contributed by atoms with Crippen LogP contribution in [0.25, 0.3) is 22.2 Å². The Morgan fingerprint density at radius 2 is 1.48 bits per heavy atom. The first-order valence-corrected chi connectivity index (χ1v) is 16.5. The van der Waals surface area contributed by atoms with Crippen LogP contribution in [0.1, 0.15) is 46.2 Å². The monoisotopic (exact) mass is 580 g/mol. The fourth-order valence-corrected chi connectivity index (χ4v) is 6.20. The predicted octanol–water partition coefficient (Wildman–Crippen LogP) is 6.96. The second kappa shape index (κ2) is 13.4. The molecule has 0 saturated heterocycles. The van der Waals surface area contributed by atoms with Crippen molar-refractivity contribution in [2.24, 2.45) is 0 Å². The van der Waals surface area contributed by atoms with Crippen LogP contribution < -0.4 is 10.0 Å². The number of pyridine rings is 1. The number of unbranched alkanes of at least 4 members (excludes halogenated alkanes) is 1. The van der Waals surface area contributed by atoms with Crippen molar-refractivity contribution in [3.8, 4) is 11.3 Å². The quantitative estimate of drug-likeness (QED) is 0.131. The van der Waals surface area contributed by atoms with E-state index < -0.39 is 10.0 Å². The van der Waals surface area contributed by atoms with Crippen molar-refractivity contribution >= 4 is 26.6 Å². The molecule has 5 aromatic rings. The van der Waals surface area contributed by atoms with Crippen molar-refractivity contribution in [2.75, 3.05) is 24.1 Å². The highest BCUT2D eigenvalue weighted by Crippen LogP contribution is 2.33. The van der Waals surface area contributed by atoms with Crippen molar-refractivity contribution < 1.29 is 8.42 Å². The van der Waals surface area contributed by atoms with Gasteiger partial charge in [-0.1, -0.05) is 35.4 Å². The first-order valence-electron chi connectivity index (χ1n) is 14.6. The lowest BCUT2D eigenvalue weighted by Crippen LogP contribution is -2.18. The number of sulfonamides is 1. The van der Waals surface area contributed by atoms with Crippen molar-refractivity contribution in [3.63, 3.8) is 0 Å². The topological polar surface area (TPSA) is 86.9 Å². The Hall–Kier alpha value is -3.94. The van der Waals surface area contributed by atoms with Gasteiger partial charge in [-0.05, 0) is 135 Å². The Labute approximate surface area is 249 Å². The van der Waals surface area contributed by atoms with Crippen molar-refractivity contribution in [2.45, 2.75) is 46.0 Å². The third-order valence-electron chi connectivity index (χ3n) is 7.52. The zero-order valence-electron chi connectivity index (χ0n) is 24.7. The number of anilines is 1. The molecule has 0 radical (unpaired) electrons. The molecule has 3 aromatic carbocycles. The Kier molecular flexibility index (Phi) is 9.40. The lowest BCUT2D eigenvalue weighted by molar-refractivity contribution is 0.607. The third kappa shape index (κ3) is 8.08. The van der Waals surface area contributed by atoms with Gasteiger partial charge < -0.3 is 10.3 Å². The van der Waals surface area contributed by atoms with Gasteiger partial charge in [-0.2, -0.15) is 0 Å². The van der Waals surface area contributed by atoms with Gasteiger partial charge in [0.15, 0.2) is 0 Å². The maximum atomic E-state index is 11.4. The molecule has 0 fully saturated rings. The van der Waals surface area contributed by atoms with E-state index in [1.54, 1.807) is 0 Å². The highest BCUT2D eigenvalue weighted by molar-refractivity contribution is 7.92. The van der Waals surface area contributed by atoms with E-state index in [1.165, 1.54) is 55.5 Å². The zero-order valence-corrected chi connectivity index (χ0v) is 25.5. The molecule has 0 amide bonds. The minimum Gasteiger partial charge on any atom is -0.354 e. The maximum Gasteiger partial charge on any atom is 0.229 e. The number of H-pyrrole nitrogens is 1. The molecule has 2 heterocycles. The molecule has 7 heteroatoms. The molecule has 218 valence electrons. The summed E-state index contributed by atoms with van der Waals surface area (Å²) < 4.78 is 25.3. The van der Waals surface area contributed by atoms with Crippen LogP contribution in [-0.2, 0) is 29.3 Å². The number of nitrogens with one attached hydrogen (secondary N) is 3. The van der Waals surface area contributed by atoms with Gasteiger partial charge in [0.1, 0.15) is 0 Å². The highest BCUT2D eigenvalue weighted by atomic mass is 32.2. The average molecular weight is 581 g/mol. The van der Waals surface area contributed by atoms with Gasteiger partial charge in [-0.15, -0.1) is 0 Å². The molecule has 42 heavy (non-hydrogen) atoms. The van der Waals surface area contributed by atoms with Crippen LogP contribution >= 0.6 is 0 Å². The van der Waals surface area contributed by atoms with Gasteiger partial charge >= 0.3 is 0 Å². The van der Waals surface area contributed by atoms with E-state index >= 15 is 0 Å². The molecular weight excluding hydrogens is 540 g/mol. The van der Waals surface area contributed by atoms with E-state index in [2.05, 4.69) is 82.4 Å². The van der Waals surface area contributed by atoms with E-state index in [0.717, 1.165) is 51.4 Å². The smallest absolute Gasteiger partial charge is 0.229 e. The molecule has 2 aromatic heterocycles. The fraction of sp³-hybridized carbons (Fsp3) is 0.286. The number of benzene rings is 3. The summed E-state index contributed by atoms with van der Waals surface area (Å²) in [4.78, 5) is 7.90. The number of nitrogens with zero attached hydrogens (tertiary/aromatic N) is 1. The van der Waals surface area contributed by atoms with Crippen LogP contribution in [0, 0.1) is 13.8 Å². The van der Waals surface area contributed by atoms with Gasteiger partial charge in [0.05, 0.1) is 6.26 Å². The SMILES string of the molecule is Cc1cc(C)cc(-c2[nH]c3ccc(Cc4ccncc4)cc3c2CCNCCCCc2ccc(NS(C)(=O)=O)cc2)c1. The van der Waals surface area contributed by atoms with Crippen LogP contribution in [0.15, 0.2) is 85.2 Å². The van der Waals surface area contributed by atoms with E-state index in [4.69, 9.17) is 0 Å². The highest BCUT2D eigenvalue weighted by Gasteiger charge is 2.15. The van der Waals surface area contributed by atoms with Crippen LogP contribution in [0.5, 0.6) is 0 Å². The number of aromatic nitrogens is 2. The van der Waals surface area contributed by atoms with Crippen LogP contribution in [0.3, 0.4) is 0 Å². The van der Waals surface area contributed by atoms with Gasteiger partial charge in [0.25, 0.3) is 0 Å². The normalized spacial score (nSPS) is 11.7. The molecule has 0 aliphatic carbocycles. The van der Waals surface area contributed by atoms with Crippen molar-refractivity contribution in [1.82, 2.24) is 15.3 Å². The van der Waals surface area contributed by atoms with Gasteiger partial charge in [-0.25, -0.2) is 8.42 Å². The molecule has 0 spiro atoms. The molecule has 0 bridgehead atoms. The number of hydrogen-bond donors (Lipinski definition) is 3. The number of rotatable bonds is 13. The molecule has 0 unspecified atom stereocenters. The minimum atomic E-state index is -3.25. The van der Waals surface area contributed by atoms with Gasteiger partial charge in [0, 0.05) is 34.7 Å². The van der Waals surface area contributed by atoms with E-state index in [0.29, 0.717) is 5.69 Å². The van der Waals surface area contributed by atoms with Gasteiger partial charge in [0.2, 0.25) is 10.0 Å². The standard InChI is InChI=1S/C35H40N4O2S/c1-25-20-26(2)22-30(21-25)35-32(33-24-29(9-12-34(33)38-35)23-28-13-17-37-18-14-28)15-19-36-16-5-4-6-27-7-10-31(11-8-27)39-42(3,40)41/h7-14,17-18,20-22,24,36,38-39H,4-6,15-16,19,23H2,1-3H3. The molecule has 3 N–H and O–H groups in total. The Bertz CT molecular complexity index is 1720. The number of fused-ring (bicyclic) bond motifs is 1. The lowest BCUT2D eigenvalue weighted by atomic mass is 9.98. The Balaban J connectivity index is 1.23. The molecule has 0 atom stereocenters. The summed E-state index contributed by atoms with van der Waals surface area (Å²) in [6.45, 7) is 6.19. The first-order chi connectivity index (χ1) is 20.2. The second-order valence-electron chi connectivity index (χ2n) is 11.3. The first kappa shape index (κ1) is 29.5.